The molecule has 1 amide bonds. The third kappa shape index (κ3) is 5.08. The molecule has 0 atom stereocenters. The van der Waals surface area contributed by atoms with E-state index in [1.807, 2.05) is 29.2 Å². The first-order chi connectivity index (χ1) is 13.7. The van der Waals surface area contributed by atoms with Gasteiger partial charge in [-0.05, 0) is 29.3 Å². The fourth-order valence-corrected chi connectivity index (χ4v) is 4.27. The lowest BCUT2D eigenvalue weighted by molar-refractivity contribution is 0.0597. The Morgan fingerprint density at radius 2 is 1.31 bits per heavy atom. The van der Waals surface area contributed by atoms with Gasteiger partial charge in [0, 0.05) is 36.2 Å². The Kier molecular flexibility index (Phi) is 7.48. The summed E-state index contributed by atoms with van der Waals surface area (Å²) in [5.74, 6) is 0.108. The minimum absolute atomic E-state index is 0. The zero-order valence-corrected chi connectivity index (χ0v) is 18.5. The summed E-state index contributed by atoms with van der Waals surface area (Å²) in [6.45, 7) is 3.19. The van der Waals surface area contributed by atoms with Gasteiger partial charge in [0.25, 0.3) is 5.91 Å². The van der Waals surface area contributed by atoms with Crippen LogP contribution in [0.15, 0.2) is 89.4 Å². The molecule has 1 aliphatic rings. The molecule has 0 spiro atoms. The average Bonchev–Trinajstić information content (AvgIpc) is 2.75. The van der Waals surface area contributed by atoms with Crippen LogP contribution in [0.4, 0.5) is 0 Å². The number of hydrogen-bond donors (Lipinski definition) is 0. The zero-order chi connectivity index (χ0) is 19.3. The second kappa shape index (κ2) is 10.1. The number of carbonyl (C=O) groups is 1. The summed E-state index contributed by atoms with van der Waals surface area (Å²) in [4.78, 5) is 17.3. The van der Waals surface area contributed by atoms with E-state index >= 15 is 0 Å². The minimum atomic E-state index is 0. The van der Waals surface area contributed by atoms with E-state index in [4.69, 9.17) is 0 Å². The van der Waals surface area contributed by atoms with E-state index in [2.05, 4.69) is 81.5 Å². The van der Waals surface area contributed by atoms with Crippen LogP contribution in [0.25, 0.3) is 0 Å². The Hall–Kier alpha value is -2.14. The number of nitrogens with zero attached hydrogens (tertiary/aromatic N) is 2. The topological polar surface area (TPSA) is 23.6 Å². The summed E-state index contributed by atoms with van der Waals surface area (Å²) in [6.07, 6.45) is 0. The van der Waals surface area contributed by atoms with Gasteiger partial charge in [0.2, 0.25) is 0 Å². The molecule has 0 saturated carbocycles. The number of amides is 1. The molecular formula is C24H24BrClN2O. The van der Waals surface area contributed by atoms with Gasteiger partial charge in [-0.15, -0.1) is 12.4 Å². The highest BCUT2D eigenvalue weighted by Gasteiger charge is 2.28. The van der Waals surface area contributed by atoms with Crippen molar-refractivity contribution in [1.29, 1.82) is 0 Å². The lowest BCUT2D eigenvalue weighted by Crippen LogP contribution is -2.49. The van der Waals surface area contributed by atoms with Crippen molar-refractivity contribution in [1.82, 2.24) is 9.80 Å². The number of piperazine rings is 1. The molecule has 0 aliphatic carbocycles. The van der Waals surface area contributed by atoms with Gasteiger partial charge in [-0.1, -0.05) is 82.7 Å². The first kappa shape index (κ1) is 21.6. The average molecular weight is 472 g/mol. The maximum atomic E-state index is 12.9. The van der Waals surface area contributed by atoms with E-state index in [1.54, 1.807) is 0 Å². The van der Waals surface area contributed by atoms with E-state index in [9.17, 15) is 4.79 Å². The predicted molar refractivity (Wildman–Crippen MR) is 124 cm³/mol. The minimum Gasteiger partial charge on any atom is -0.336 e. The van der Waals surface area contributed by atoms with Gasteiger partial charge in [0.15, 0.2) is 0 Å². The molecule has 3 nitrogen and oxygen atoms in total. The molecule has 1 saturated heterocycles. The van der Waals surface area contributed by atoms with Crippen LogP contribution in [-0.4, -0.2) is 41.9 Å². The molecule has 0 bridgehead atoms. The molecule has 1 heterocycles. The van der Waals surface area contributed by atoms with Crippen LogP contribution < -0.4 is 0 Å². The first-order valence-corrected chi connectivity index (χ1v) is 10.4. The van der Waals surface area contributed by atoms with Crippen molar-refractivity contribution in [3.05, 3.63) is 106 Å². The Morgan fingerprint density at radius 3 is 1.83 bits per heavy atom. The summed E-state index contributed by atoms with van der Waals surface area (Å²) in [5.41, 5.74) is 3.33. The number of benzene rings is 3. The van der Waals surface area contributed by atoms with Gasteiger partial charge in [0.1, 0.15) is 0 Å². The van der Waals surface area contributed by atoms with Crippen molar-refractivity contribution in [3.63, 3.8) is 0 Å². The molecule has 29 heavy (non-hydrogen) atoms. The summed E-state index contributed by atoms with van der Waals surface area (Å²) < 4.78 is 0.935. The lowest BCUT2D eigenvalue weighted by atomic mass is 9.96. The van der Waals surface area contributed by atoms with Gasteiger partial charge in [0.05, 0.1) is 6.04 Å². The smallest absolute Gasteiger partial charge is 0.253 e. The van der Waals surface area contributed by atoms with E-state index < -0.39 is 0 Å². The molecule has 0 N–H and O–H groups in total. The maximum absolute atomic E-state index is 12.9. The van der Waals surface area contributed by atoms with E-state index in [0.29, 0.717) is 0 Å². The third-order valence-electron chi connectivity index (χ3n) is 5.27. The van der Waals surface area contributed by atoms with E-state index in [1.165, 1.54) is 11.1 Å². The highest BCUT2D eigenvalue weighted by atomic mass is 79.9. The molecule has 3 aromatic rings. The van der Waals surface area contributed by atoms with Gasteiger partial charge in [-0.2, -0.15) is 0 Å². The normalized spacial score (nSPS) is 14.5. The Bertz CT molecular complexity index is 888. The summed E-state index contributed by atoms with van der Waals surface area (Å²) in [6, 6.07) is 29.1. The van der Waals surface area contributed by atoms with Crippen molar-refractivity contribution in [2.45, 2.75) is 6.04 Å². The van der Waals surface area contributed by atoms with Crippen LogP contribution in [0.1, 0.15) is 27.5 Å². The Balaban J connectivity index is 0.00000240. The molecule has 1 aliphatic heterocycles. The SMILES string of the molecule is Cl.O=C(c1cccc(Br)c1)N1CCN(C(c2ccccc2)c2ccccc2)CC1. The first-order valence-electron chi connectivity index (χ1n) is 9.61. The zero-order valence-electron chi connectivity index (χ0n) is 16.1. The molecular weight excluding hydrogens is 448 g/mol. The molecule has 0 aromatic heterocycles. The van der Waals surface area contributed by atoms with Crippen molar-refractivity contribution in [3.8, 4) is 0 Å². The van der Waals surface area contributed by atoms with Crippen LogP contribution in [0.2, 0.25) is 0 Å². The van der Waals surface area contributed by atoms with E-state index in [0.717, 1.165) is 36.2 Å². The van der Waals surface area contributed by atoms with Crippen molar-refractivity contribution in [2.75, 3.05) is 26.2 Å². The highest BCUT2D eigenvalue weighted by molar-refractivity contribution is 9.10. The molecule has 150 valence electrons. The second-order valence-corrected chi connectivity index (χ2v) is 7.98. The van der Waals surface area contributed by atoms with Gasteiger partial charge in [-0.3, -0.25) is 9.69 Å². The summed E-state index contributed by atoms with van der Waals surface area (Å²) >= 11 is 3.46. The number of rotatable bonds is 4. The van der Waals surface area contributed by atoms with Crippen LogP contribution in [0.3, 0.4) is 0 Å². The van der Waals surface area contributed by atoms with Gasteiger partial charge < -0.3 is 4.90 Å². The van der Waals surface area contributed by atoms with Crippen LogP contribution in [-0.2, 0) is 0 Å². The highest BCUT2D eigenvalue weighted by Crippen LogP contribution is 2.29. The van der Waals surface area contributed by atoms with Gasteiger partial charge in [-0.25, -0.2) is 0 Å². The lowest BCUT2D eigenvalue weighted by Gasteiger charge is -2.39. The van der Waals surface area contributed by atoms with E-state index in [-0.39, 0.29) is 24.4 Å². The van der Waals surface area contributed by atoms with Crippen molar-refractivity contribution >= 4 is 34.2 Å². The standard InChI is InChI=1S/C24H23BrN2O.ClH/c25-22-13-7-12-21(18-22)24(28)27-16-14-26(15-17-27)23(19-8-3-1-4-9-19)20-10-5-2-6-11-20;/h1-13,18,23H,14-17H2;1H. The second-order valence-electron chi connectivity index (χ2n) is 7.06. The Labute approximate surface area is 186 Å². The molecule has 3 aromatic carbocycles. The monoisotopic (exact) mass is 470 g/mol. The third-order valence-corrected chi connectivity index (χ3v) is 5.76. The molecule has 5 heteroatoms. The van der Waals surface area contributed by atoms with Crippen LogP contribution >= 0.6 is 28.3 Å². The predicted octanol–water partition coefficient (Wildman–Crippen LogP) is 5.42. The quantitative estimate of drug-likeness (QED) is 0.507. The summed E-state index contributed by atoms with van der Waals surface area (Å²) in [5, 5.41) is 0. The van der Waals surface area contributed by atoms with Crippen LogP contribution in [0, 0.1) is 0 Å². The molecule has 0 unspecified atom stereocenters. The fourth-order valence-electron chi connectivity index (χ4n) is 3.87. The number of halogens is 2. The van der Waals surface area contributed by atoms with Crippen molar-refractivity contribution < 1.29 is 4.79 Å². The summed E-state index contributed by atoms with van der Waals surface area (Å²) in [7, 11) is 0. The number of carbonyl (C=O) groups excluding carboxylic acids is 1. The van der Waals surface area contributed by atoms with Crippen LogP contribution in [0.5, 0.6) is 0 Å². The molecule has 4 rings (SSSR count). The van der Waals surface area contributed by atoms with Crippen molar-refractivity contribution in [2.24, 2.45) is 0 Å². The Morgan fingerprint density at radius 1 is 0.759 bits per heavy atom. The molecule has 1 fully saturated rings. The fraction of sp³-hybridized carbons (Fsp3) is 0.208. The molecule has 0 radical (unpaired) electrons. The number of hydrogen-bond acceptors (Lipinski definition) is 2. The largest absolute Gasteiger partial charge is 0.336 e. The maximum Gasteiger partial charge on any atom is 0.253 e. The van der Waals surface area contributed by atoms with Gasteiger partial charge >= 0.3 is 0 Å².